The van der Waals surface area contributed by atoms with E-state index in [9.17, 15) is 14.3 Å². The molecule has 1 saturated heterocycles. The molecule has 1 aliphatic rings. The first-order valence-corrected chi connectivity index (χ1v) is 8.89. The lowest BCUT2D eigenvalue weighted by Crippen LogP contribution is -2.38. The van der Waals surface area contributed by atoms with Crippen molar-refractivity contribution in [3.8, 4) is 5.75 Å². The largest absolute Gasteiger partial charge is 0.508 e. The molecule has 2 N–H and O–H groups in total. The summed E-state index contributed by atoms with van der Waals surface area (Å²) in [6, 6.07) is 12.2. The molecule has 0 bridgehead atoms. The number of carbonyl (C=O) groups is 1. The molecule has 1 fully saturated rings. The highest BCUT2D eigenvalue weighted by Crippen LogP contribution is 2.31. The number of rotatable bonds is 2. The number of phenolic OH excluding ortho intramolecular Hbond substituents is 1. The number of aromatic nitrogens is 1. The zero-order chi connectivity index (χ0) is 18.3. The number of likely N-dealkylation sites (tertiary alicyclic amines) is 1. The van der Waals surface area contributed by atoms with Gasteiger partial charge in [0, 0.05) is 18.5 Å². The first-order valence-electron chi connectivity index (χ1n) is 8.89. The quantitative estimate of drug-likeness (QED) is 0.721. The zero-order valence-corrected chi connectivity index (χ0v) is 14.6. The van der Waals surface area contributed by atoms with E-state index in [1.807, 2.05) is 30.0 Å². The lowest BCUT2D eigenvalue weighted by atomic mass is 9.89. The second-order valence-electron chi connectivity index (χ2n) is 6.95. The first-order chi connectivity index (χ1) is 12.5. The minimum atomic E-state index is -0.341. The molecule has 5 heteroatoms. The third-order valence-corrected chi connectivity index (χ3v) is 5.38. The van der Waals surface area contributed by atoms with Crippen molar-refractivity contribution in [1.82, 2.24) is 9.88 Å². The summed E-state index contributed by atoms with van der Waals surface area (Å²) in [6.45, 7) is 3.15. The number of nitrogens with one attached hydrogen (secondary N) is 1. The number of aryl methyl sites for hydroxylation is 1. The van der Waals surface area contributed by atoms with Gasteiger partial charge in [-0.25, -0.2) is 4.39 Å². The van der Waals surface area contributed by atoms with Gasteiger partial charge in [-0.3, -0.25) is 4.79 Å². The molecule has 4 nitrogen and oxygen atoms in total. The Morgan fingerprint density at radius 2 is 1.92 bits per heavy atom. The molecule has 0 unspecified atom stereocenters. The number of nitrogens with zero attached hydrogens (tertiary/aromatic N) is 1. The maximum absolute atomic E-state index is 14.0. The molecule has 3 aromatic rings. The van der Waals surface area contributed by atoms with Gasteiger partial charge in [-0.1, -0.05) is 24.3 Å². The van der Waals surface area contributed by atoms with E-state index in [-0.39, 0.29) is 17.5 Å². The molecule has 0 saturated carbocycles. The Bertz CT molecular complexity index is 971. The van der Waals surface area contributed by atoms with Crippen LogP contribution < -0.4 is 0 Å². The van der Waals surface area contributed by atoms with Crippen LogP contribution in [0, 0.1) is 12.7 Å². The van der Waals surface area contributed by atoms with E-state index in [0.717, 1.165) is 29.4 Å². The van der Waals surface area contributed by atoms with Crippen LogP contribution in [0.3, 0.4) is 0 Å². The Morgan fingerprint density at radius 3 is 2.62 bits per heavy atom. The lowest BCUT2D eigenvalue weighted by molar-refractivity contribution is 0.0707. The summed E-state index contributed by atoms with van der Waals surface area (Å²) < 4.78 is 14.0. The molecule has 134 valence electrons. The van der Waals surface area contributed by atoms with Gasteiger partial charge < -0.3 is 15.0 Å². The minimum absolute atomic E-state index is 0.0764. The third kappa shape index (κ3) is 2.83. The number of piperidine rings is 1. The highest BCUT2D eigenvalue weighted by atomic mass is 19.1. The molecule has 26 heavy (non-hydrogen) atoms. The number of carbonyl (C=O) groups excluding carboxylic acids is 1. The summed E-state index contributed by atoms with van der Waals surface area (Å²) in [5.74, 6) is 0.198. The third-order valence-electron chi connectivity index (χ3n) is 5.38. The van der Waals surface area contributed by atoms with E-state index >= 15 is 0 Å². The maximum Gasteiger partial charge on any atom is 0.270 e. The number of para-hydroxylation sites is 1. The molecule has 1 aliphatic heterocycles. The van der Waals surface area contributed by atoms with Crippen molar-refractivity contribution >= 4 is 16.8 Å². The fourth-order valence-corrected chi connectivity index (χ4v) is 3.88. The maximum atomic E-state index is 14.0. The Labute approximate surface area is 151 Å². The van der Waals surface area contributed by atoms with E-state index in [0.29, 0.717) is 30.2 Å². The van der Waals surface area contributed by atoms with Crippen molar-refractivity contribution in [1.29, 1.82) is 0 Å². The van der Waals surface area contributed by atoms with Gasteiger partial charge in [-0.2, -0.15) is 0 Å². The van der Waals surface area contributed by atoms with Gasteiger partial charge in [0.25, 0.3) is 5.91 Å². The Morgan fingerprint density at radius 1 is 1.19 bits per heavy atom. The van der Waals surface area contributed by atoms with Crippen LogP contribution >= 0.6 is 0 Å². The van der Waals surface area contributed by atoms with Crippen molar-refractivity contribution in [2.24, 2.45) is 0 Å². The molecule has 4 rings (SSSR count). The van der Waals surface area contributed by atoms with Crippen LogP contribution in [-0.4, -0.2) is 34.0 Å². The van der Waals surface area contributed by atoms with Crippen LogP contribution in [0.15, 0.2) is 42.5 Å². The number of aromatic amines is 1. The number of fused-ring (bicyclic) bond motifs is 1. The first kappa shape index (κ1) is 16.6. The fourth-order valence-electron chi connectivity index (χ4n) is 3.88. The Balaban J connectivity index is 1.52. The average Bonchev–Trinajstić information content (AvgIpc) is 3.00. The predicted octanol–water partition coefficient (Wildman–Crippen LogP) is 4.34. The van der Waals surface area contributed by atoms with E-state index in [4.69, 9.17) is 0 Å². The number of phenols is 1. The molecule has 0 atom stereocenters. The second-order valence-corrected chi connectivity index (χ2v) is 6.95. The average molecular weight is 352 g/mol. The van der Waals surface area contributed by atoms with Gasteiger partial charge in [0.05, 0.1) is 5.52 Å². The predicted molar refractivity (Wildman–Crippen MR) is 99.0 cm³/mol. The molecule has 1 amide bonds. The molecule has 2 aromatic carbocycles. The van der Waals surface area contributed by atoms with Crippen molar-refractivity contribution in [3.05, 3.63) is 65.1 Å². The molecule has 1 aromatic heterocycles. The van der Waals surface area contributed by atoms with Crippen LogP contribution in [0.25, 0.3) is 10.9 Å². The van der Waals surface area contributed by atoms with Gasteiger partial charge in [0.15, 0.2) is 0 Å². The van der Waals surface area contributed by atoms with Gasteiger partial charge >= 0.3 is 0 Å². The van der Waals surface area contributed by atoms with E-state index in [2.05, 4.69) is 4.98 Å². The summed E-state index contributed by atoms with van der Waals surface area (Å²) in [6.07, 6.45) is 1.70. The minimum Gasteiger partial charge on any atom is -0.508 e. The summed E-state index contributed by atoms with van der Waals surface area (Å²) >= 11 is 0. The number of halogens is 1. The van der Waals surface area contributed by atoms with Gasteiger partial charge in [-0.15, -0.1) is 0 Å². The molecule has 0 aliphatic carbocycles. The molecule has 0 radical (unpaired) electrons. The standard InChI is InChI=1S/C21H21FN2O2/c1-13-17-6-3-7-18(22)20(17)23-19(13)21(26)24-10-8-14(9-11-24)15-4-2-5-16(25)12-15/h2-7,12,14,23,25H,8-11H2,1H3. The van der Waals surface area contributed by atoms with Crippen LogP contribution in [0.2, 0.25) is 0 Å². The zero-order valence-electron chi connectivity index (χ0n) is 14.6. The fraction of sp³-hybridized carbons (Fsp3) is 0.286. The lowest BCUT2D eigenvalue weighted by Gasteiger charge is -2.32. The topological polar surface area (TPSA) is 56.3 Å². The number of benzene rings is 2. The van der Waals surface area contributed by atoms with Crippen molar-refractivity contribution < 1.29 is 14.3 Å². The van der Waals surface area contributed by atoms with E-state index in [1.54, 1.807) is 18.2 Å². The second kappa shape index (κ2) is 6.48. The summed E-state index contributed by atoms with van der Waals surface area (Å²) in [5.41, 5.74) is 2.77. The van der Waals surface area contributed by atoms with E-state index < -0.39 is 0 Å². The molecular formula is C21H21FN2O2. The van der Waals surface area contributed by atoms with E-state index in [1.165, 1.54) is 6.07 Å². The van der Waals surface area contributed by atoms with Crippen LogP contribution in [-0.2, 0) is 0 Å². The van der Waals surface area contributed by atoms with Gasteiger partial charge in [0.2, 0.25) is 0 Å². The number of hydrogen-bond acceptors (Lipinski definition) is 2. The highest BCUT2D eigenvalue weighted by molar-refractivity contribution is 6.01. The Hall–Kier alpha value is -2.82. The highest BCUT2D eigenvalue weighted by Gasteiger charge is 2.27. The van der Waals surface area contributed by atoms with Crippen LogP contribution in [0.5, 0.6) is 5.75 Å². The number of H-pyrrole nitrogens is 1. The van der Waals surface area contributed by atoms with Crippen molar-refractivity contribution in [2.45, 2.75) is 25.7 Å². The SMILES string of the molecule is Cc1c(C(=O)N2CCC(c3cccc(O)c3)CC2)[nH]c2c(F)cccc12. The summed E-state index contributed by atoms with van der Waals surface area (Å²) in [4.78, 5) is 17.7. The molecule has 2 heterocycles. The number of aromatic hydroxyl groups is 1. The van der Waals surface area contributed by atoms with Gasteiger partial charge in [-0.05, 0) is 55.0 Å². The molecular weight excluding hydrogens is 331 g/mol. The molecule has 0 spiro atoms. The normalized spacial score (nSPS) is 15.5. The number of hydrogen-bond donors (Lipinski definition) is 2. The number of amides is 1. The van der Waals surface area contributed by atoms with Crippen molar-refractivity contribution in [2.75, 3.05) is 13.1 Å². The Kier molecular flexibility index (Phi) is 4.15. The monoisotopic (exact) mass is 352 g/mol. The van der Waals surface area contributed by atoms with Crippen LogP contribution in [0.4, 0.5) is 4.39 Å². The summed E-state index contributed by atoms with van der Waals surface area (Å²) in [7, 11) is 0. The smallest absolute Gasteiger partial charge is 0.270 e. The van der Waals surface area contributed by atoms with Gasteiger partial charge in [0.1, 0.15) is 17.3 Å². The van der Waals surface area contributed by atoms with Crippen molar-refractivity contribution in [3.63, 3.8) is 0 Å². The summed E-state index contributed by atoms with van der Waals surface area (Å²) in [5, 5.41) is 10.4. The van der Waals surface area contributed by atoms with Crippen LogP contribution in [0.1, 0.15) is 40.4 Å².